The van der Waals surface area contributed by atoms with Gasteiger partial charge in [-0.25, -0.2) is 21.9 Å². The van der Waals surface area contributed by atoms with E-state index in [9.17, 15) is 22.3 Å². The summed E-state index contributed by atoms with van der Waals surface area (Å²) >= 11 is 0. The fraction of sp³-hybridized carbons (Fsp3) is 0.571. The summed E-state index contributed by atoms with van der Waals surface area (Å²) in [5.41, 5.74) is -0.484. The van der Waals surface area contributed by atoms with Gasteiger partial charge >= 0.3 is 0 Å². The summed E-state index contributed by atoms with van der Waals surface area (Å²) in [7, 11) is -4.06. The van der Waals surface area contributed by atoms with Crippen LogP contribution in [0.5, 0.6) is 0 Å². The fourth-order valence-corrected chi connectivity index (χ4v) is 3.93. The largest absolute Gasteiger partial charge is 0.396 e. The van der Waals surface area contributed by atoms with Gasteiger partial charge in [-0.3, -0.25) is 0 Å². The van der Waals surface area contributed by atoms with Gasteiger partial charge in [0.1, 0.15) is 16.5 Å². The van der Waals surface area contributed by atoms with Crippen molar-refractivity contribution in [1.82, 2.24) is 4.72 Å². The molecule has 0 amide bonds. The molecule has 1 aromatic carbocycles. The third-order valence-electron chi connectivity index (χ3n) is 4.07. The molecule has 1 aliphatic rings. The van der Waals surface area contributed by atoms with Crippen LogP contribution in [-0.2, 0) is 10.0 Å². The monoisotopic (exact) mass is 319 g/mol. The van der Waals surface area contributed by atoms with E-state index >= 15 is 0 Å². The van der Waals surface area contributed by atoms with Gasteiger partial charge in [0, 0.05) is 24.6 Å². The van der Waals surface area contributed by atoms with E-state index in [1.165, 1.54) is 0 Å². The number of benzene rings is 1. The van der Waals surface area contributed by atoms with Gasteiger partial charge < -0.3 is 5.11 Å². The molecule has 0 aliphatic heterocycles. The lowest BCUT2D eigenvalue weighted by molar-refractivity contribution is 0.0867. The van der Waals surface area contributed by atoms with E-state index in [0.29, 0.717) is 6.07 Å². The van der Waals surface area contributed by atoms with Crippen LogP contribution in [0.25, 0.3) is 0 Å². The minimum atomic E-state index is -4.06. The summed E-state index contributed by atoms with van der Waals surface area (Å²) in [6.07, 6.45) is 4.41. The second-order valence-electron chi connectivity index (χ2n) is 5.62. The van der Waals surface area contributed by atoms with Crippen LogP contribution >= 0.6 is 0 Å². The molecule has 4 nitrogen and oxygen atoms in total. The molecule has 2 rings (SSSR count). The van der Waals surface area contributed by atoms with Crippen molar-refractivity contribution >= 4 is 10.0 Å². The minimum Gasteiger partial charge on any atom is -0.396 e. The highest BCUT2D eigenvalue weighted by Gasteiger charge is 2.33. The van der Waals surface area contributed by atoms with Gasteiger partial charge in [0.05, 0.1) is 0 Å². The van der Waals surface area contributed by atoms with Gasteiger partial charge in [-0.15, -0.1) is 0 Å². The Morgan fingerprint density at radius 1 is 1.19 bits per heavy atom. The van der Waals surface area contributed by atoms with Gasteiger partial charge in [-0.2, -0.15) is 0 Å². The summed E-state index contributed by atoms with van der Waals surface area (Å²) in [6.45, 7) is -0.0515. The fourth-order valence-electron chi connectivity index (χ4n) is 2.71. The van der Waals surface area contributed by atoms with Crippen molar-refractivity contribution in [1.29, 1.82) is 0 Å². The van der Waals surface area contributed by atoms with Crippen LogP contribution in [0.15, 0.2) is 23.1 Å². The van der Waals surface area contributed by atoms with Crippen LogP contribution in [0.4, 0.5) is 8.78 Å². The molecular weight excluding hydrogens is 300 g/mol. The minimum absolute atomic E-state index is 0.0582. The zero-order valence-corrected chi connectivity index (χ0v) is 12.4. The molecule has 0 heterocycles. The molecule has 1 aliphatic carbocycles. The van der Waals surface area contributed by atoms with Gasteiger partial charge in [-0.05, 0) is 25.0 Å². The molecule has 0 radical (unpaired) electrons. The smallest absolute Gasteiger partial charge is 0.243 e. The first-order chi connectivity index (χ1) is 9.88. The molecule has 0 aromatic heterocycles. The Hall–Kier alpha value is -1.05. The molecule has 1 saturated carbocycles. The van der Waals surface area contributed by atoms with Crippen LogP contribution < -0.4 is 4.72 Å². The molecule has 0 unspecified atom stereocenters. The first-order valence-corrected chi connectivity index (χ1v) is 8.42. The highest BCUT2D eigenvalue weighted by atomic mass is 32.2. The van der Waals surface area contributed by atoms with E-state index in [0.717, 1.165) is 44.2 Å². The number of aliphatic hydroxyl groups is 1. The van der Waals surface area contributed by atoms with Crippen LogP contribution in [-0.4, -0.2) is 26.7 Å². The van der Waals surface area contributed by atoms with Gasteiger partial charge in [0.15, 0.2) is 0 Å². The Labute approximate surface area is 123 Å². The molecular formula is C14H19F2NO3S. The van der Waals surface area contributed by atoms with Gasteiger partial charge in [0.25, 0.3) is 0 Å². The number of rotatable bonds is 5. The number of sulfonamides is 1. The van der Waals surface area contributed by atoms with E-state index < -0.39 is 32.0 Å². The lowest BCUT2D eigenvalue weighted by atomic mass is 9.75. The molecule has 21 heavy (non-hydrogen) atoms. The molecule has 2 N–H and O–H groups in total. The van der Waals surface area contributed by atoms with Crippen LogP contribution in [0.2, 0.25) is 0 Å². The molecule has 0 spiro atoms. The number of hydrogen-bond donors (Lipinski definition) is 2. The third kappa shape index (κ3) is 3.78. The predicted molar refractivity (Wildman–Crippen MR) is 74.2 cm³/mol. The van der Waals surface area contributed by atoms with Crippen LogP contribution in [0, 0.1) is 17.0 Å². The Bertz CT molecular complexity index is 598. The maximum absolute atomic E-state index is 13.6. The highest BCUT2D eigenvalue weighted by molar-refractivity contribution is 7.89. The first kappa shape index (κ1) is 16.3. The van der Waals surface area contributed by atoms with Crippen LogP contribution in [0.1, 0.15) is 32.1 Å². The van der Waals surface area contributed by atoms with Crippen molar-refractivity contribution in [2.75, 3.05) is 13.2 Å². The Balaban J connectivity index is 2.13. The van der Waals surface area contributed by atoms with E-state index in [2.05, 4.69) is 4.72 Å². The molecule has 1 aromatic rings. The Morgan fingerprint density at radius 3 is 2.43 bits per heavy atom. The second kappa shape index (κ2) is 6.37. The summed E-state index contributed by atoms with van der Waals surface area (Å²) in [4.78, 5) is -0.576. The average molecular weight is 319 g/mol. The summed E-state index contributed by atoms with van der Waals surface area (Å²) in [6, 6.07) is 2.34. The van der Waals surface area contributed by atoms with E-state index in [1.54, 1.807) is 0 Å². The predicted octanol–water partition coefficient (Wildman–Crippen LogP) is 2.19. The van der Waals surface area contributed by atoms with Gasteiger partial charge in [0.2, 0.25) is 10.0 Å². The zero-order chi connectivity index (χ0) is 15.5. The molecule has 7 heteroatoms. The highest BCUT2D eigenvalue weighted by Crippen LogP contribution is 2.35. The van der Waals surface area contributed by atoms with Crippen molar-refractivity contribution in [3.05, 3.63) is 29.8 Å². The maximum Gasteiger partial charge on any atom is 0.243 e. The molecule has 0 atom stereocenters. The lowest BCUT2D eigenvalue weighted by Crippen LogP contribution is -2.41. The number of halogens is 2. The quantitative estimate of drug-likeness (QED) is 0.874. The van der Waals surface area contributed by atoms with Crippen molar-refractivity contribution in [3.8, 4) is 0 Å². The first-order valence-electron chi connectivity index (χ1n) is 6.94. The summed E-state index contributed by atoms with van der Waals surface area (Å²) < 4.78 is 53.0. The van der Waals surface area contributed by atoms with Crippen molar-refractivity contribution in [2.45, 2.75) is 37.0 Å². The molecule has 118 valence electrons. The van der Waals surface area contributed by atoms with Crippen molar-refractivity contribution in [2.24, 2.45) is 5.41 Å². The third-order valence-corrected chi connectivity index (χ3v) is 5.50. The standard InChI is InChI=1S/C14H19F2NO3S/c15-11-4-5-13(12(16)8-11)21(19,20)17-9-14(10-18)6-2-1-3-7-14/h4-5,8,17-18H,1-3,6-7,9-10H2. The van der Waals surface area contributed by atoms with Gasteiger partial charge in [-0.1, -0.05) is 19.3 Å². The normalized spacial score (nSPS) is 18.6. The summed E-state index contributed by atoms with van der Waals surface area (Å²) in [5, 5.41) is 9.54. The van der Waals surface area contributed by atoms with E-state index in [1.807, 2.05) is 0 Å². The number of hydrogen-bond acceptors (Lipinski definition) is 3. The molecule has 1 fully saturated rings. The SMILES string of the molecule is O=S(=O)(NCC1(CO)CCCCC1)c1ccc(F)cc1F. The molecule has 0 bridgehead atoms. The number of nitrogens with one attached hydrogen (secondary N) is 1. The lowest BCUT2D eigenvalue weighted by Gasteiger charge is -2.35. The molecule has 0 saturated heterocycles. The summed E-state index contributed by atoms with van der Waals surface area (Å²) in [5.74, 6) is -1.95. The Morgan fingerprint density at radius 2 is 1.86 bits per heavy atom. The maximum atomic E-state index is 13.6. The Kier molecular flexibility index (Phi) is 4.95. The zero-order valence-electron chi connectivity index (χ0n) is 11.6. The van der Waals surface area contributed by atoms with Crippen molar-refractivity contribution < 1.29 is 22.3 Å². The van der Waals surface area contributed by atoms with Crippen molar-refractivity contribution in [3.63, 3.8) is 0 Å². The second-order valence-corrected chi connectivity index (χ2v) is 7.35. The number of aliphatic hydroxyl groups excluding tert-OH is 1. The topological polar surface area (TPSA) is 66.4 Å². The van der Waals surface area contributed by atoms with E-state index in [4.69, 9.17) is 0 Å². The average Bonchev–Trinajstić information content (AvgIpc) is 2.46. The van der Waals surface area contributed by atoms with Crippen LogP contribution in [0.3, 0.4) is 0 Å². The van der Waals surface area contributed by atoms with E-state index in [-0.39, 0.29) is 13.2 Å².